The monoisotopic (exact) mass is 281 g/mol. The molecule has 3 rings (SSSR count). The fourth-order valence-electron chi connectivity index (χ4n) is 1.76. The quantitative estimate of drug-likeness (QED) is 0.732. The molecule has 0 spiro atoms. The lowest BCUT2D eigenvalue weighted by Crippen LogP contribution is -2.05. The maximum atomic E-state index is 11.9. The first-order valence-electron chi connectivity index (χ1n) is 6.21. The van der Waals surface area contributed by atoms with Gasteiger partial charge < -0.3 is 4.74 Å². The molecule has 1 amide bonds. The molecule has 7 nitrogen and oxygen atoms in total. The van der Waals surface area contributed by atoms with Crippen LogP contribution in [0.1, 0.15) is 16.1 Å². The van der Waals surface area contributed by atoms with E-state index in [0.717, 1.165) is 5.56 Å². The normalized spacial score (nSPS) is 15.9. The van der Waals surface area contributed by atoms with Crippen LogP contribution in [0.5, 0.6) is 5.75 Å². The van der Waals surface area contributed by atoms with Crippen LogP contribution in [0.15, 0.2) is 51.9 Å². The SMILES string of the molecule is O=C1N=CCOc2ccccc2C=N/C=N\n2cncc21. The van der Waals surface area contributed by atoms with Gasteiger partial charge in [-0.2, -0.15) is 5.10 Å². The Morgan fingerprint density at radius 3 is 3.10 bits per heavy atom. The number of carbonyl (C=O) groups is 1. The van der Waals surface area contributed by atoms with E-state index in [4.69, 9.17) is 4.74 Å². The molecule has 1 aliphatic rings. The Bertz CT molecular complexity index is 745. The number of nitrogens with zero attached hydrogens (tertiary/aromatic N) is 5. The molecular weight excluding hydrogens is 270 g/mol. The minimum absolute atomic E-state index is 0.186. The maximum absolute atomic E-state index is 11.9. The van der Waals surface area contributed by atoms with Crippen LogP contribution in [-0.4, -0.2) is 40.9 Å². The Morgan fingerprint density at radius 1 is 1.24 bits per heavy atom. The van der Waals surface area contributed by atoms with Gasteiger partial charge in [-0.05, 0) is 12.1 Å². The summed E-state index contributed by atoms with van der Waals surface area (Å²) in [5, 5.41) is 4.03. The number of fused-ring (bicyclic) bond motifs is 2. The van der Waals surface area contributed by atoms with Gasteiger partial charge in [0.1, 0.15) is 25.0 Å². The third-order valence-electron chi connectivity index (χ3n) is 2.74. The molecule has 0 saturated heterocycles. The highest BCUT2D eigenvalue weighted by atomic mass is 16.5. The molecule has 1 aromatic heterocycles. The number of hydrogen-bond acceptors (Lipinski definition) is 5. The largest absolute Gasteiger partial charge is 0.487 e. The first-order chi connectivity index (χ1) is 10.3. The molecule has 7 heteroatoms. The highest BCUT2D eigenvalue weighted by molar-refractivity contribution is 5.97. The van der Waals surface area contributed by atoms with E-state index in [2.05, 4.69) is 20.1 Å². The lowest BCUT2D eigenvalue weighted by molar-refractivity contribution is 0.0995. The van der Waals surface area contributed by atoms with Gasteiger partial charge in [-0.15, -0.1) is 0 Å². The highest BCUT2D eigenvalue weighted by Gasteiger charge is 2.09. The summed E-state index contributed by atoms with van der Waals surface area (Å²) in [6.07, 6.45) is 7.19. The second kappa shape index (κ2) is 5.91. The van der Waals surface area contributed by atoms with Crippen molar-refractivity contribution in [1.82, 2.24) is 9.66 Å². The number of hydrogen-bond donors (Lipinski definition) is 0. The van der Waals surface area contributed by atoms with Crippen molar-refractivity contribution >= 4 is 24.7 Å². The van der Waals surface area contributed by atoms with Gasteiger partial charge in [0.25, 0.3) is 5.91 Å². The van der Waals surface area contributed by atoms with E-state index in [1.165, 1.54) is 29.8 Å². The number of rotatable bonds is 0. The average Bonchev–Trinajstić information content (AvgIpc) is 2.97. The van der Waals surface area contributed by atoms with Crippen LogP contribution in [0.4, 0.5) is 0 Å². The number of aliphatic imine (C=N–C) groups is 2. The topological polar surface area (TPSA) is 81.2 Å². The van der Waals surface area contributed by atoms with E-state index >= 15 is 0 Å². The van der Waals surface area contributed by atoms with Crippen molar-refractivity contribution in [2.24, 2.45) is 15.1 Å². The van der Waals surface area contributed by atoms with Crippen molar-refractivity contribution in [3.8, 4) is 5.75 Å². The number of ether oxygens (including phenoxy) is 1. The molecule has 0 unspecified atom stereocenters. The van der Waals surface area contributed by atoms with Gasteiger partial charge in [0.15, 0.2) is 5.69 Å². The molecule has 0 bridgehead atoms. The van der Waals surface area contributed by atoms with Gasteiger partial charge in [-0.25, -0.2) is 19.6 Å². The molecule has 0 N–H and O–H groups in total. The van der Waals surface area contributed by atoms with E-state index in [9.17, 15) is 4.79 Å². The van der Waals surface area contributed by atoms with E-state index in [-0.39, 0.29) is 12.3 Å². The minimum Gasteiger partial charge on any atom is -0.487 e. The van der Waals surface area contributed by atoms with Gasteiger partial charge in [-0.1, -0.05) is 12.1 Å². The average molecular weight is 281 g/mol. The summed E-state index contributed by atoms with van der Waals surface area (Å²) in [6.45, 7) is 0.186. The first kappa shape index (κ1) is 12.9. The van der Waals surface area contributed by atoms with Gasteiger partial charge in [0.05, 0.1) is 6.20 Å². The van der Waals surface area contributed by atoms with Crippen molar-refractivity contribution in [3.05, 3.63) is 48.0 Å². The molecular formula is C14H11N5O2. The third-order valence-corrected chi connectivity index (χ3v) is 2.74. The van der Waals surface area contributed by atoms with Crippen LogP contribution in [0.3, 0.4) is 0 Å². The summed E-state index contributed by atoms with van der Waals surface area (Å²) in [4.78, 5) is 23.7. The Labute approximate surface area is 120 Å². The number of aromatic nitrogens is 2. The molecule has 21 heavy (non-hydrogen) atoms. The molecule has 0 fully saturated rings. The summed E-state index contributed by atoms with van der Waals surface area (Å²) in [6, 6.07) is 7.44. The molecule has 1 aliphatic heterocycles. The smallest absolute Gasteiger partial charge is 0.297 e. The van der Waals surface area contributed by atoms with Gasteiger partial charge >= 0.3 is 0 Å². The Kier molecular flexibility index (Phi) is 3.64. The van der Waals surface area contributed by atoms with Gasteiger partial charge in [0.2, 0.25) is 0 Å². The number of para-hydroxylation sites is 1. The van der Waals surface area contributed by atoms with Gasteiger partial charge in [-0.3, -0.25) is 4.79 Å². The third kappa shape index (κ3) is 2.92. The molecule has 0 saturated carbocycles. The fourth-order valence-corrected chi connectivity index (χ4v) is 1.76. The first-order valence-corrected chi connectivity index (χ1v) is 6.21. The lowest BCUT2D eigenvalue weighted by Gasteiger charge is -2.05. The predicted molar refractivity (Wildman–Crippen MR) is 78.5 cm³/mol. The van der Waals surface area contributed by atoms with Crippen LogP contribution in [0, 0.1) is 0 Å². The number of amides is 1. The second-order valence-electron chi connectivity index (χ2n) is 4.10. The highest BCUT2D eigenvalue weighted by Crippen LogP contribution is 2.15. The summed E-state index contributed by atoms with van der Waals surface area (Å²) < 4.78 is 6.88. The number of imidazole rings is 1. The lowest BCUT2D eigenvalue weighted by atomic mass is 10.2. The Balaban J connectivity index is 1.98. The van der Waals surface area contributed by atoms with Crippen LogP contribution in [0.2, 0.25) is 0 Å². The minimum atomic E-state index is -0.440. The molecule has 2 heterocycles. The van der Waals surface area contributed by atoms with Crippen molar-refractivity contribution < 1.29 is 9.53 Å². The summed E-state index contributed by atoms with van der Waals surface area (Å²) in [5.41, 5.74) is 1.07. The van der Waals surface area contributed by atoms with Crippen LogP contribution < -0.4 is 4.74 Å². The van der Waals surface area contributed by atoms with E-state index in [0.29, 0.717) is 5.75 Å². The van der Waals surface area contributed by atoms with Crippen molar-refractivity contribution in [2.75, 3.05) is 6.61 Å². The summed E-state index contributed by atoms with van der Waals surface area (Å²) in [7, 11) is 0. The molecule has 0 atom stereocenters. The zero-order valence-electron chi connectivity index (χ0n) is 11.0. The zero-order valence-corrected chi connectivity index (χ0v) is 11.0. The second-order valence-corrected chi connectivity index (χ2v) is 4.10. The summed E-state index contributed by atoms with van der Waals surface area (Å²) >= 11 is 0. The molecule has 2 aromatic rings. The van der Waals surface area contributed by atoms with Crippen molar-refractivity contribution in [1.29, 1.82) is 0 Å². The van der Waals surface area contributed by atoms with Crippen molar-refractivity contribution in [2.45, 2.75) is 0 Å². The molecule has 0 radical (unpaired) electrons. The van der Waals surface area contributed by atoms with Crippen LogP contribution in [-0.2, 0) is 0 Å². The summed E-state index contributed by atoms with van der Waals surface area (Å²) in [5.74, 6) is 0.221. The Morgan fingerprint density at radius 2 is 2.14 bits per heavy atom. The number of carbonyl (C=O) groups excluding carboxylic acids is 1. The number of benzene rings is 1. The maximum Gasteiger partial charge on any atom is 0.297 e. The molecule has 104 valence electrons. The van der Waals surface area contributed by atoms with Crippen LogP contribution in [0.25, 0.3) is 0 Å². The predicted octanol–water partition coefficient (Wildman–Crippen LogP) is 1.40. The van der Waals surface area contributed by atoms with Gasteiger partial charge in [0, 0.05) is 18.0 Å². The standard InChI is InChI=1S/C14H11N5O2/c20-14-12-8-16-10-19(12)18-9-15-7-11-3-1-2-4-13(11)21-6-5-17-14/h1-5,7-10H,6H2/b15-7?,17-5?,18-9-. The van der Waals surface area contributed by atoms with Crippen molar-refractivity contribution in [3.63, 3.8) is 0 Å². The molecule has 1 aromatic carbocycles. The fraction of sp³-hybridized carbons (Fsp3) is 0.0714. The zero-order chi connectivity index (χ0) is 14.5. The van der Waals surface area contributed by atoms with E-state index in [1.54, 1.807) is 6.21 Å². The van der Waals surface area contributed by atoms with Crippen LogP contribution >= 0.6 is 0 Å². The molecule has 0 aliphatic carbocycles. The van der Waals surface area contributed by atoms with E-state index < -0.39 is 5.91 Å². The Hall–Kier alpha value is -3.09. The van der Waals surface area contributed by atoms with E-state index in [1.807, 2.05) is 24.3 Å².